The van der Waals surface area contributed by atoms with Gasteiger partial charge in [-0.15, -0.1) is 0 Å². The number of alkyl halides is 1. The van der Waals surface area contributed by atoms with Crippen LogP contribution in [0, 0.1) is 5.21 Å². The molecule has 1 fully saturated rings. The summed E-state index contributed by atoms with van der Waals surface area (Å²) in [5, 5.41) is 12.2. The van der Waals surface area contributed by atoms with E-state index in [0.29, 0.717) is 13.0 Å². The zero-order valence-corrected chi connectivity index (χ0v) is 12.9. The first-order valence-corrected chi connectivity index (χ1v) is 7.54. The molecule has 6 heteroatoms. The van der Waals surface area contributed by atoms with Crippen molar-refractivity contribution in [2.75, 3.05) is 6.54 Å². The molecule has 1 saturated heterocycles. The van der Waals surface area contributed by atoms with Gasteiger partial charge in [-0.05, 0) is 5.56 Å². The maximum Gasteiger partial charge on any atom is 0.560 e. The van der Waals surface area contributed by atoms with E-state index in [4.69, 9.17) is 9.57 Å². The van der Waals surface area contributed by atoms with E-state index < -0.39 is 11.0 Å². The minimum Gasteiger partial charge on any atom is -0.589 e. The number of hydrogen-bond donors (Lipinski definition) is 0. The van der Waals surface area contributed by atoms with Crippen molar-refractivity contribution < 1.29 is 19.2 Å². The Kier molecular flexibility index (Phi) is 5.01. The van der Waals surface area contributed by atoms with E-state index in [2.05, 4.69) is 15.9 Å². The van der Waals surface area contributed by atoms with Crippen LogP contribution in [-0.4, -0.2) is 28.4 Å². The van der Waals surface area contributed by atoms with Gasteiger partial charge in [-0.3, -0.25) is 0 Å². The molecule has 1 aliphatic heterocycles. The standard InChI is InChI=1S/C14H18BrNO4/c1-11(15)9-13-7-8-16(13,18)20-14(17)19-10-12-5-3-2-4-6-12/h2-6,11,13H,7-10H2,1H3. The minimum atomic E-state index is -0.927. The van der Waals surface area contributed by atoms with Crippen LogP contribution in [0.2, 0.25) is 0 Å². The van der Waals surface area contributed by atoms with Gasteiger partial charge in [0.15, 0.2) is 0 Å². The number of quaternary nitrogens is 1. The van der Waals surface area contributed by atoms with E-state index in [1.165, 1.54) is 0 Å². The van der Waals surface area contributed by atoms with Gasteiger partial charge in [-0.2, -0.15) is 9.60 Å². The first-order chi connectivity index (χ1) is 9.49. The molecule has 0 N–H and O–H groups in total. The van der Waals surface area contributed by atoms with E-state index in [-0.39, 0.29) is 17.5 Å². The molecule has 0 amide bonds. The average molecular weight is 344 g/mol. The fourth-order valence-electron chi connectivity index (χ4n) is 2.17. The van der Waals surface area contributed by atoms with Gasteiger partial charge in [-0.25, -0.2) is 4.84 Å². The molecule has 20 heavy (non-hydrogen) atoms. The Morgan fingerprint density at radius 2 is 2.20 bits per heavy atom. The molecule has 2 rings (SSSR count). The van der Waals surface area contributed by atoms with Gasteiger partial charge < -0.3 is 9.94 Å². The summed E-state index contributed by atoms with van der Waals surface area (Å²) in [5.74, 6) is 0. The maximum atomic E-state index is 12.2. The third kappa shape index (κ3) is 3.94. The zero-order valence-electron chi connectivity index (χ0n) is 11.3. The van der Waals surface area contributed by atoms with Crippen molar-refractivity contribution in [2.45, 2.75) is 37.2 Å². The van der Waals surface area contributed by atoms with E-state index in [9.17, 15) is 10.0 Å². The van der Waals surface area contributed by atoms with Crippen LogP contribution in [0.25, 0.3) is 0 Å². The molecule has 3 unspecified atom stereocenters. The molecular weight excluding hydrogens is 326 g/mol. The summed E-state index contributed by atoms with van der Waals surface area (Å²) < 4.78 is 4.96. The fraction of sp³-hybridized carbons (Fsp3) is 0.500. The molecule has 1 aliphatic rings. The molecular formula is C14H18BrNO4. The third-order valence-corrected chi connectivity index (χ3v) is 3.73. The van der Waals surface area contributed by atoms with Gasteiger partial charge in [0.1, 0.15) is 19.2 Å². The van der Waals surface area contributed by atoms with Gasteiger partial charge in [0.25, 0.3) is 0 Å². The van der Waals surface area contributed by atoms with Crippen molar-refractivity contribution in [3.8, 4) is 0 Å². The predicted molar refractivity (Wildman–Crippen MR) is 77.6 cm³/mol. The molecule has 5 nitrogen and oxygen atoms in total. The Hall–Kier alpha value is -1.11. The second kappa shape index (κ2) is 6.56. The van der Waals surface area contributed by atoms with Crippen molar-refractivity contribution in [3.05, 3.63) is 41.1 Å². The SMILES string of the molecule is CC(Br)CC1CC[N+]1([O-])OC(=O)OCc1ccccc1. The van der Waals surface area contributed by atoms with Crippen LogP contribution in [0.5, 0.6) is 0 Å². The summed E-state index contributed by atoms with van der Waals surface area (Å²) >= 11 is 3.41. The molecule has 0 spiro atoms. The lowest BCUT2D eigenvalue weighted by molar-refractivity contribution is -1.10. The summed E-state index contributed by atoms with van der Waals surface area (Å²) in [7, 11) is 0. The Balaban J connectivity index is 1.79. The first-order valence-electron chi connectivity index (χ1n) is 6.63. The molecule has 110 valence electrons. The van der Waals surface area contributed by atoms with Crippen LogP contribution in [0.1, 0.15) is 25.3 Å². The molecule has 0 aliphatic carbocycles. The fourth-order valence-corrected chi connectivity index (χ4v) is 2.60. The Labute approximate surface area is 126 Å². The highest BCUT2D eigenvalue weighted by Crippen LogP contribution is 2.32. The van der Waals surface area contributed by atoms with Crippen molar-refractivity contribution in [1.82, 2.24) is 0 Å². The molecule has 0 bridgehead atoms. The Morgan fingerprint density at radius 1 is 1.50 bits per heavy atom. The van der Waals surface area contributed by atoms with Crippen molar-refractivity contribution in [1.29, 1.82) is 0 Å². The van der Waals surface area contributed by atoms with Crippen molar-refractivity contribution >= 4 is 22.1 Å². The highest BCUT2D eigenvalue weighted by Gasteiger charge is 2.45. The molecule has 0 saturated carbocycles. The van der Waals surface area contributed by atoms with Gasteiger partial charge in [0.2, 0.25) is 0 Å². The van der Waals surface area contributed by atoms with Crippen LogP contribution in [0.3, 0.4) is 0 Å². The second-order valence-electron chi connectivity index (χ2n) is 5.02. The van der Waals surface area contributed by atoms with E-state index in [1.54, 1.807) is 0 Å². The summed E-state index contributed by atoms with van der Waals surface area (Å²) in [6.07, 6.45) is 0.539. The lowest BCUT2D eigenvalue weighted by Gasteiger charge is -2.50. The maximum absolute atomic E-state index is 12.2. The third-order valence-electron chi connectivity index (χ3n) is 3.36. The number of nitrogens with zero attached hydrogens (tertiary/aromatic N) is 1. The summed E-state index contributed by atoms with van der Waals surface area (Å²) in [4.78, 5) is 15.8. The Morgan fingerprint density at radius 3 is 2.75 bits per heavy atom. The number of hydroxylamine groups is 4. The number of ether oxygens (including phenoxy) is 1. The number of halogens is 1. The van der Waals surface area contributed by atoms with Gasteiger partial charge >= 0.3 is 6.16 Å². The Bertz CT molecular complexity index is 454. The quantitative estimate of drug-likeness (QED) is 0.355. The minimum absolute atomic E-state index is 0.110. The zero-order chi connectivity index (χ0) is 14.6. The number of benzene rings is 1. The first kappa shape index (κ1) is 15.3. The van der Waals surface area contributed by atoms with Crippen LogP contribution < -0.4 is 0 Å². The molecule has 0 radical (unpaired) electrons. The van der Waals surface area contributed by atoms with Gasteiger partial charge in [-0.1, -0.05) is 53.2 Å². The number of rotatable bonds is 5. The number of carbonyl (C=O) groups is 1. The van der Waals surface area contributed by atoms with Crippen molar-refractivity contribution in [2.24, 2.45) is 0 Å². The monoisotopic (exact) mass is 343 g/mol. The number of hydrogen-bond acceptors (Lipinski definition) is 4. The molecule has 1 aromatic carbocycles. The molecule has 1 aromatic rings. The summed E-state index contributed by atoms with van der Waals surface area (Å²) in [6.45, 7) is 2.38. The smallest absolute Gasteiger partial charge is 0.560 e. The van der Waals surface area contributed by atoms with Crippen molar-refractivity contribution in [3.63, 3.8) is 0 Å². The lowest BCUT2D eigenvalue weighted by atomic mass is 10.0. The highest BCUT2D eigenvalue weighted by atomic mass is 79.9. The predicted octanol–water partition coefficient (Wildman–Crippen LogP) is 3.52. The highest BCUT2D eigenvalue weighted by molar-refractivity contribution is 9.09. The number of carbonyl (C=O) groups excluding carboxylic acids is 1. The summed E-state index contributed by atoms with van der Waals surface area (Å²) in [5.41, 5.74) is 0.858. The molecule has 0 aromatic heterocycles. The van der Waals surface area contributed by atoms with Gasteiger partial charge in [0.05, 0.1) is 6.42 Å². The van der Waals surface area contributed by atoms with E-state index >= 15 is 0 Å². The average Bonchev–Trinajstić information content (AvgIpc) is 2.42. The van der Waals surface area contributed by atoms with Gasteiger partial charge in [0, 0.05) is 11.2 Å². The second-order valence-corrected chi connectivity index (χ2v) is 6.59. The largest absolute Gasteiger partial charge is 0.589 e. The summed E-state index contributed by atoms with van der Waals surface area (Å²) in [6, 6.07) is 9.07. The molecule has 3 atom stereocenters. The normalized spacial score (nSPS) is 26.4. The van der Waals surface area contributed by atoms with E-state index in [1.807, 2.05) is 37.3 Å². The van der Waals surface area contributed by atoms with E-state index in [0.717, 1.165) is 12.0 Å². The molecule has 1 heterocycles. The lowest BCUT2D eigenvalue weighted by Crippen LogP contribution is -2.62. The van der Waals surface area contributed by atoms with Crippen LogP contribution in [0.4, 0.5) is 4.79 Å². The topological polar surface area (TPSA) is 58.6 Å². The van der Waals surface area contributed by atoms with Crippen LogP contribution in [-0.2, 0) is 16.2 Å². The van der Waals surface area contributed by atoms with Crippen LogP contribution in [0.15, 0.2) is 30.3 Å². The van der Waals surface area contributed by atoms with Crippen LogP contribution >= 0.6 is 15.9 Å².